The zero-order valence-electron chi connectivity index (χ0n) is 10.0. The van der Waals surface area contributed by atoms with E-state index in [-0.39, 0.29) is 22.3 Å². The quantitative estimate of drug-likeness (QED) is 0.767. The van der Waals surface area contributed by atoms with Crippen LogP contribution in [-0.4, -0.2) is 30.7 Å². The molecule has 0 aliphatic heterocycles. The Kier molecular flexibility index (Phi) is 4.68. The van der Waals surface area contributed by atoms with Crippen LogP contribution in [0.5, 0.6) is 5.88 Å². The summed E-state index contributed by atoms with van der Waals surface area (Å²) in [5.74, 6) is 0.151. The average Bonchev–Trinajstić information content (AvgIpc) is 2.27. The third-order valence-corrected chi connectivity index (χ3v) is 3.88. The predicted octanol–water partition coefficient (Wildman–Crippen LogP) is 1.03. The Morgan fingerprint density at radius 2 is 2.00 bits per heavy atom. The fourth-order valence-electron chi connectivity index (χ4n) is 1.29. The van der Waals surface area contributed by atoms with Crippen molar-refractivity contribution < 1.29 is 13.2 Å². The van der Waals surface area contributed by atoms with Crippen LogP contribution in [0.4, 0.5) is 5.69 Å². The molecule has 1 rings (SSSR count). The summed E-state index contributed by atoms with van der Waals surface area (Å²) in [6.07, 6.45) is 2.46. The fraction of sp³-hybridized carbons (Fsp3) is 0.600. The number of nitrogens with zero attached hydrogens (tertiary/aromatic N) is 2. The van der Waals surface area contributed by atoms with E-state index < -0.39 is 9.84 Å². The van der Waals surface area contributed by atoms with Gasteiger partial charge in [-0.1, -0.05) is 13.8 Å². The highest BCUT2D eigenvalue weighted by atomic mass is 32.2. The number of aromatic nitrogens is 2. The van der Waals surface area contributed by atoms with Crippen LogP contribution in [0, 0.1) is 0 Å². The van der Waals surface area contributed by atoms with Crippen LogP contribution in [0.3, 0.4) is 0 Å². The molecular formula is C10H17N3O3S. The lowest BCUT2D eigenvalue weighted by molar-refractivity contribution is 0.305. The zero-order valence-corrected chi connectivity index (χ0v) is 10.8. The Morgan fingerprint density at radius 3 is 2.59 bits per heavy atom. The molecule has 0 unspecified atom stereocenters. The topological polar surface area (TPSA) is 95.2 Å². The molecule has 17 heavy (non-hydrogen) atoms. The zero-order chi connectivity index (χ0) is 12.9. The van der Waals surface area contributed by atoms with Crippen LogP contribution in [0.2, 0.25) is 0 Å². The van der Waals surface area contributed by atoms with Gasteiger partial charge in [-0.15, -0.1) is 0 Å². The minimum Gasteiger partial charge on any atom is -0.476 e. The van der Waals surface area contributed by atoms with Gasteiger partial charge in [0.1, 0.15) is 12.0 Å². The average molecular weight is 259 g/mol. The molecule has 0 aliphatic carbocycles. The van der Waals surface area contributed by atoms with E-state index in [0.29, 0.717) is 13.0 Å². The van der Waals surface area contributed by atoms with Crippen molar-refractivity contribution in [1.29, 1.82) is 0 Å². The maximum Gasteiger partial charge on any atom is 0.241 e. The number of nitrogens with two attached hydrogens (primary N) is 1. The van der Waals surface area contributed by atoms with Gasteiger partial charge in [-0.25, -0.2) is 13.4 Å². The van der Waals surface area contributed by atoms with Crippen molar-refractivity contribution in [2.75, 3.05) is 18.1 Å². The van der Waals surface area contributed by atoms with E-state index in [1.54, 1.807) is 6.92 Å². The number of sulfone groups is 1. The van der Waals surface area contributed by atoms with E-state index in [1.165, 1.54) is 0 Å². The lowest BCUT2D eigenvalue weighted by Gasteiger charge is -2.09. The number of anilines is 1. The van der Waals surface area contributed by atoms with E-state index in [4.69, 9.17) is 10.5 Å². The van der Waals surface area contributed by atoms with Crippen LogP contribution >= 0.6 is 0 Å². The number of rotatable bonds is 6. The highest BCUT2D eigenvalue weighted by molar-refractivity contribution is 7.91. The Morgan fingerprint density at radius 1 is 1.29 bits per heavy atom. The molecule has 2 N–H and O–H groups in total. The number of hydrogen-bond acceptors (Lipinski definition) is 6. The van der Waals surface area contributed by atoms with E-state index in [2.05, 4.69) is 9.97 Å². The lowest BCUT2D eigenvalue weighted by atomic mass is 10.5. The van der Waals surface area contributed by atoms with Crippen LogP contribution in [0.1, 0.15) is 26.7 Å². The monoisotopic (exact) mass is 259 g/mol. The van der Waals surface area contributed by atoms with Crippen molar-refractivity contribution >= 4 is 15.5 Å². The van der Waals surface area contributed by atoms with Gasteiger partial charge < -0.3 is 10.5 Å². The molecule has 0 saturated carbocycles. The first-order valence-corrected chi connectivity index (χ1v) is 7.14. The summed E-state index contributed by atoms with van der Waals surface area (Å²) in [6, 6.07) is 0. The molecule has 0 radical (unpaired) electrons. The molecule has 0 saturated heterocycles. The van der Waals surface area contributed by atoms with Crippen molar-refractivity contribution in [2.45, 2.75) is 31.7 Å². The molecule has 1 aromatic rings. The van der Waals surface area contributed by atoms with Crippen LogP contribution in [-0.2, 0) is 9.84 Å². The van der Waals surface area contributed by atoms with Crippen molar-refractivity contribution in [3.8, 4) is 5.88 Å². The first kappa shape index (κ1) is 13.7. The van der Waals surface area contributed by atoms with Crippen LogP contribution in [0.25, 0.3) is 0 Å². The first-order valence-electron chi connectivity index (χ1n) is 5.49. The molecule has 0 amide bonds. The maximum atomic E-state index is 11.9. The lowest BCUT2D eigenvalue weighted by Crippen LogP contribution is -2.13. The SMILES string of the molecule is CCCOc1ncnc(S(=O)(=O)CCC)c1N. The Labute approximate surface area is 101 Å². The summed E-state index contributed by atoms with van der Waals surface area (Å²) in [7, 11) is -3.44. The Bertz CT molecular complexity index is 474. The molecule has 0 aromatic carbocycles. The fourth-order valence-corrected chi connectivity index (χ4v) is 2.65. The van der Waals surface area contributed by atoms with Gasteiger partial charge in [0.2, 0.25) is 5.88 Å². The molecule has 96 valence electrons. The third kappa shape index (κ3) is 3.29. The van der Waals surface area contributed by atoms with Crippen LogP contribution < -0.4 is 10.5 Å². The second kappa shape index (κ2) is 5.81. The van der Waals surface area contributed by atoms with E-state index in [1.807, 2.05) is 6.92 Å². The van der Waals surface area contributed by atoms with Crippen molar-refractivity contribution in [3.05, 3.63) is 6.33 Å². The van der Waals surface area contributed by atoms with E-state index in [9.17, 15) is 8.42 Å². The van der Waals surface area contributed by atoms with Crippen molar-refractivity contribution in [3.63, 3.8) is 0 Å². The standard InChI is InChI=1S/C10H17N3O3S/c1-3-5-16-9-8(11)10(13-7-12-9)17(14,15)6-4-2/h7H,3-6,11H2,1-2H3. The molecule has 1 heterocycles. The highest BCUT2D eigenvalue weighted by Gasteiger charge is 2.21. The van der Waals surface area contributed by atoms with Crippen molar-refractivity contribution in [1.82, 2.24) is 9.97 Å². The van der Waals surface area contributed by atoms with Gasteiger partial charge in [0.25, 0.3) is 0 Å². The third-order valence-electron chi connectivity index (χ3n) is 2.02. The molecule has 7 heteroatoms. The van der Waals surface area contributed by atoms with Gasteiger partial charge in [0, 0.05) is 0 Å². The summed E-state index contributed by atoms with van der Waals surface area (Å²) >= 11 is 0. The van der Waals surface area contributed by atoms with E-state index >= 15 is 0 Å². The number of hydrogen-bond donors (Lipinski definition) is 1. The highest BCUT2D eigenvalue weighted by Crippen LogP contribution is 2.25. The summed E-state index contributed by atoms with van der Waals surface area (Å²) in [4.78, 5) is 7.56. The summed E-state index contributed by atoms with van der Waals surface area (Å²) < 4.78 is 29.0. The Hall–Kier alpha value is -1.37. The van der Waals surface area contributed by atoms with Gasteiger partial charge in [0.05, 0.1) is 12.4 Å². The van der Waals surface area contributed by atoms with Crippen molar-refractivity contribution in [2.24, 2.45) is 0 Å². The summed E-state index contributed by atoms with van der Waals surface area (Å²) in [5, 5.41) is -0.138. The first-order chi connectivity index (χ1) is 8.03. The molecule has 0 atom stereocenters. The Balaban J connectivity index is 3.10. The molecule has 0 aliphatic rings. The molecule has 6 nitrogen and oxygen atoms in total. The van der Waals surface area contributed by atoms with Gasteiger partial charge >= 0.3 is 0 Å². The largest absolute Gasteiger partial charge is 0.476 e. The van der Waals surface area contributed by atoms with Gasteiger partial charge in [-0.05, 0) is 12.8 Å². The predicted molar refractivity (Wildman–Crippen MR) is 64.6 cm³/mol. The summed E-state index contributed by atoms with van der Waals surface area (Å²) in [6.45, 7) is 4.16. The number of ether oxygens (including phenoxy) is 1. The molecule has 0 bridgehead atoms. The normalized spacial score (nSPS) is 11.4. The van der Waals surface area contributed by atoms with Crippen LogP contribution in [0.15, 0.2) is 11.4 Å². The minimum atomic E-state index is -3.44. The minimum absolute atomic E-state index is 0.00519. The van der Waals surface area contributed by atoms with E-state index in [0.717, 1.165) is 12.7 Å². The molecule has 1 aromatic heterocycles. The molecule has 0 spiro atoms. The van der Waals surface area contributed by atoms with Gasteiger partial charge in [-0.2, -0.15) is 4.98 Å². The molecular weight excluding hydrogens is 242 g/mol. The second-order valence-electron chi connectivity index (χ2n) is 3.56. The summed E-state index contributed by atoms with van der Waals surface area (Å²) in [5.41, 5.74) is 5.71. The molecule has 0 fully saturated rings. The smallest absolute Gasteiger partial charge is 0.241 e. The number of nitrogen functional groups attached to an aromatic ring is 1. The van der Waals surface area contributed by atoms with Gasteiger partial charge in [-0.3, -0.25) is 0 Å². The second-order valence-corrected chi connectivity index (χ2v) is 5.59. The van der Waals surface area contributed by atoms with Gasteiger partial charge in [0.15, 0.2) is 14.9 Å². The maximum absolute atomic E-state index is 11.9.